The van der Waals surface area contributed by atoms with Gasteiger partial charge in [-0.1, -0.05) is 17.7 Å². The Balaban J connectivity index is 1.25. The maximum Gasteiger partial charge on any atom is 0.316 e. The number of rotatable bonds is 4. The largest absolute Gasteiger partial charge is 0.426 e. The molecule has 7 heteroatoms. The molecule has 0 spiro atoms. The molecule has 3 atom stereocenters. The quantitative estimate of drug-likeness (QED) is 0.289. The van der Waals surface area contributed by atoms with Gasteiger partial charge in [0.2, 0.25) is 17.7 Å². The average molecular weight is 473 g/mol. The van der Waals surface area contributed by atoms with Gasteiger partial charge in [-0.15, -0.1) is 0 Å². The Morgan fingerprint density at radius 3 is 2.20 bits per heavy atom. The SMILES string of the molecule is CC1=CC[C@@H]2C(=O)N(c3ccc(OC(=O)[C@@H]4CC(=O)N(c5cc(C)cc(C)c5)C4)cc3)C(=O)[C@H]2C1. The third kappa shape index (κ3) is 4.27. The van der Waals surface area contributed by atoms with Crippen molar-refractivity contribution in [1.29, 1.82) is 0 Å². The molecule has 35 heavy (non-hydrogen) atoms. The molecule has 2 aromatic carbocycles. The highest BCUT2D eigenvalue weighted by molar-refractivity contribution is 6.22. The fourth-order valence-corrected chi connectivity index (χ4v) is 5.38. The number of fused-ring (bicyclic) bond motifs is 1. The first-order chi connectivity index (χ1) is 16.7. The fraction of sp³-hybridized carbons (Fsp3) is 0.357. The second-order valence-electron chi connectivity index (χ2n) is 9.88. The molecule has 0 unspecified atom stereocenters. The number of ether oxygens (including phenoxy) is 1. The van der Waals surface area contributed by atoms with Crippen LogP contribution < -0.4 is 14.5 Å². The summed E-state index contributed by atoms with van der Waals surface area (Å²) in [6, 6.07) is 12.3. The summed E-state index contributed by atoms with van der Waals surface area (Å²) in [5.41, 5.74) is 4.51. The minimum Gasteiger partial charge on any atom is -0.426 e. The number of hydrogen-bond donors (Lipinski definition) is 0. The van der Waals surface area contributed by atoms with Crippen molar-refractivity contribution in [2.45, 2.75) is 40.0 Å². The summed E-state index contributed by atoms with van der Waals surface area (Å²) in [7, 11) is 0. The van der Waals surface area contributed by atoms with E-state index in [1.165, 1.54) is 4.90 Å². The Labute approximate surface area is 204 Å². The standard InChI is InChI=1S/C28H28N2O5/c1-16-4-9-23-24(13-16)27(33)30(26(23)32)20-5-7-22(8-6-20)35-28(34)19-14-25(31)29(15-19)21-11-17(2)10-18(3)12-21/h4-8,10-12,19,23-24H,9,13-15H2,1-3H3/t19-,23+,24+/m1/s1. The number of esters is 1. The first-order valence-corrected chi connectivity index (χ1v) is 11.9. The smallest absolute Gasteiger partial charge is 0.316 e. The molecule has 5 rings (SSSR count). The molecule has 3 amide bonds. The van der Waals surface area contributed by atoms with Gasteiger partial charge >= 0.3 is 5.97 Å². The third-order valence-electron chi connectivity index (χ3n) is 7.11. The highest BCUT2D eigenvalue weighted by Gasteiger charge is 2.48. The second-order valence-corrected chi connectivity index (χ2v) is 9.88. The van der Waals surface area contributed by atoms with E-state index >= 15 is 0 Å². The Bertz CT molecular complexity index is 1240. The maximum atomic E-state index is 12.9. The van der Waals surface area contributed by atoms with Crippen molar-refractivity contribution in [2.24, 2.45) is 17.8 Å². The maximum absolute atomic E-state index is 12.9. The number of amides is 3. The predicted octanol–water partition coefficient (Wildman–Crippen LogP) is 4.11. The van der Waals surface area contributed by atoms with Crippen LogP contribution in [-0.2, 0) is 19.2 Å². The van der Waals surface area contributed by atoms with Crippen molar-refractivity contribution >= 4 is 35.1 Å². The van der Waals surface area contributed by atoms with Gasteiger partial charge in [0.1, 0.15) is 5.75 Å². The van der Waals surface area contributed by atoms with Gasteiger partial charge in [0.15, 0.2) is 0 Å². The van der Waals surface area contributed by atoms with E-state index < -0.39 is 11.9 Å². The number of benzene rings is 2. The molecule has 2 saturated heterocycles. The van der Waals surface area contributed by atoms with Gasteiger partial charge in [-0.05, 0) is 81.1 Å². The molecule has 0 radical (unpaired) electrons. The van der Waals surface area contributed by atoms with Crippen LogP contribution in [0.3, 0.4) is 0 Å². The molecule has 2 aromatic rings. The monoisotopic (exact) mass is 472 g/mol. The third-order valence-corrected chi connectivity index (χ3v) is 7.11. The summed E-state index contributed by atoms with van der Waals surface area (Å²) < 4.78 is 5.54. The lowest BCUT2D eigenvalue weighted by molar-refractivity contribution is -0.139. The molecule has 7 nitrogen and oxygen atoms in total. The molecule has 3 aliphatic rings. The summed E-state index contributed by atoms with van der Waals surface area (Å²) in [5, 5.41) is 0. The molecule has 0 aromatic heterocycles. The minimum atomic E-state index is -0.566. The highest BCUT2D eigenvalue weighted by atomic mass is 16.5. The molecule has 180 valence electrons. The number of carbonyl (C=O) groups excluding carboxylic acids is 4. The van der Waals surface area contributed by atoms with Crippen molar-refractivity contribution in [3.8, 4) is 5.75 Å². The summed E-state index contributed by atoms with van der Waals surface area (Å²) in [6.07, 6.45) is 3.33. The van der Waals surface area contributed by atoms with E-state index in [9.17, 15) is 19.2 Å². The van der Waals surface area contributed by atoms with E-state index in [1.807, 2.05) is 45.0 Å². The van der Waals surface area contributed by atoms with Crippen LogP contribution >= 0.6 is 0 Å². The van der Waals surface area contributed by atoms with Gasteiger partial charge in [0, 0.05) is 18.7 Å². The van der Waals surface area contributed by atoms with E-state index in [-0.39, 0.29) is 42.5 Å². The predicted molar refractivity (Wildman–Crippen MR) is 131 cm³/mol. The summed E-state index contributed by atoms with van der Waals surface area (Å²) in [4.78, 5) is 54.0. The lowest BCUT2D eigenvalue weighted by Crippen LogP contribution is -2.30. The molecule has 2 aliphatic heterocycles. The molecule has 1 aliphatic carbocycles. The Kier molecular flexibility index (Phi) is 5.79. The van der Waals surface area contributed by atoms with Gasteiger partial charge in [-0.2, -0.15) is 0 Å². The van der Waals surface area contributed by atoms with Crippen LogP contribution in [0.2, 0.25) is 0 Å². The first-order valence-electron chi connectivity index (χ1n) is 11.9. The van der Waals surface area contributed by atoms with Crippen LogP contribution in [0.15, 0.2) is 54.1 Å². The number of hydrogen-bond acceptors (Lipinski definition) is 5. The molecule has 0 saturated carbocycles. The van der Waals surface area contributed by atoms with Crippen molar-refractivity contribution in [2.75, 3.05) is 16.3 Å². The zero-order valence-electron chi connectivity index (χ0n) is 20.1. The lowest BCUT2D eigenvalue weighted by atomic mass is 9.82. The normalized spacial score (nSPS) is 24.0. The van der Waals surface area contributed by atoms with Gasteiger partial charge in [-0.3, -0.25) is 24.1 Å². The van der Waals surface area contributed by atoms with Crippen LogP contribution in [-0.4, -0.2) is 30.2 Å². The van der Waals surface area contributed by atoms with Crippen LogP contribution in [0.5, 0.6) is 5.75 Å². The fourth-order valence-electron chi connectivity index (χ4n) is 5.38. The molecular weight excluding hydrogens is 444 g/mol. The van der Waals surface area contributed by atoms with Gasteiger partial charge in [0.05, 0.1) is 23.4 Å². The van der Waals surface area contributed by atoms with E-state index in [4.69, 9.17) is 4.74 Å². The number of carbonyl (C=O) groups is 4. The number of anilines is 2. The topological polar surface area (TPSA) is 84.0 Å². The minimum absolute atomic E-state index is 0.0942. The van der Waals surface area contributed by atoms with E-state index in [0.29, 0.717) is 24.3 Å². The van der Waals surface area contributed by atoms with Gasteiger partial charge in [0.25, 0.3) is 0 Å². The number of imide groups is 1. The number of aryl methyl sites for hydroxylation is 2. The molecule has 2 heterocycles. The Hall–Kier alpha value is -3.74. The zero-order valence-corrected chi connectivity index (χ0v) is 20.1. The average Bonchev–Trinajstić information content (AvgIpc) is 3.31. The van der Waals surface area contributed by atoms with E-state index in [0.717, 1.165) is 22.4 Å². The van der Waals surface area contributed by atoms with Crippen LogP contribution in [0.4, 0.5) is 11.4 Å². The molecular formula is C28H28N2O5. The summed E-state index contributed by atoms with van der Waals surface area (Å²) in [5.74, 6) is -1.79. The van der Waals surface area contributed by atoms with Crippen LogP contribution in [0.1, 0.15) is 37.3 Å². The number of nitrogens with zero attached hydrogens (tertiary/aromatic N) is 2. The Morgan fingerprint density at radius 2 is 1.51 bits per heavy atom. The zero-order chi connectivity index (χ0) is 24.9. The second kappa shape index (κ2) is 8.80. The van der Waals surface area contributed by atoms with E-state index in [1.54, 1.807) is 29.2 Å². The number of allylic oxidation sites excluding steroid dienone is 2. The van der Waals surface area contributed by atoms with Crippen molar-refractivity contribution in [3.05, 3.63) is 65.2 Å². The van der Waals surface area contributed by atoms with Crippen molar-refractivity contribution in [3.63, 3.8) is 0 Å². The lowest BCUT2D eigenvalue weighted by Gasteiger charge is -2.18. The molecule has 0 N–H and O–H groups in total. The van der Waals surface area contributed by atoms with Crippen LogP contribution in [0.25, 0.3) is 0 Å². The van der Waals surface area contributed by atoms with Crippen molar-refractivity contribution in [1.82, 2.24) is 0 Å². The molecule has 2 fully saturated rings. The summed E-state index contributed by atoms with van der Waals surface area (Å²) in [6.45, 7) is 6.20. The first kappa shape index (κ1) is 23.0. The van der Waals surface area contributed by atoms with E-state index in [2.05, 4.69) is 0 Å². The summed E-state index contributed by atoms with van der Waals surface area (Å²) >= 11 is 0. The van der Waals surface area contributed by atoms with Gasteiger partial charge in [-0.25, -0.2) is 0 Å². The van der Waals surface area contributed by atoms with Gasteiger partial charge < -0.3 is 9.64 Å². The highest BCUT2D eigenvalue weighted by Crippen LogP contribution is 2.40. The Morgan fingerprint density at radius 1 is 0.857 bits per heavy atom. The molecule has 0 bridgehead atoms. The van der Waals surface area contributed by atoms with Crippen molar-refractivity contribution < 1.29 is 23.9 Å². The van der Waals surface area contributed by atoms with Crippen LogP contribution in [0, 0.1) is 31.6 Å².